The highest BCUT2D eigenvalue weighted by Crippen LogP contribution is 2.49. The number of para-hydroxylation sites is 1. The fourth-order valence-corrected chi connectivity index (χ4v) is 4.97. The summed E-state index contributed by atoms with van der Waals surface area (Å²) in [7, 11) is 0. The molecule has 6 rings (SSSR count). The van der Waals surface area contributed by atoms with Gasteiger partial charge in [0.25, 0.3) is 11.8 Å². The Labute approximate surface area is 180 Å². The second kappa shape index (κ2) is 7.73. The normalized spacial score (nSPS) is 27.2. The lowest BCUT2D eigenvalue weighted by atomic mass is 9.63. The molecule has 152 valence electrons. The fraction of sp³-hybridized carbons (Fsp3) is 0.292. The number of fused-ring (bicyclic) bond motifs is 1. The van der Waals surface area contributed by atoms with Crippen LogP contribution in [0.15, 0.2) is 65.8 Å². The molecule has 2 bridgehead atoms. The van der Waals surface area contributed by atoms with Gasteiger partial charge in [-0.3, -0.25) is 9.59 Å². The molecule has 4 atom stereocenters. The first-order valence-electron chi connectivity index (χ1n) is 10.2. The van der Waals surface area contributed by atoms with E-state index >= 15 is 0 Å². The van der Waals surface area contributed by atoms with Gasteiger partial charge >= 0.3 is 0 Å². The number of allylic oxidation sites excluding steroid dienone is 2. The van der Waals surface area contributed by atoms with Crippen molar-refractivity contribution in [3.8, 4) is 5.75 Å². The third-order valence-electron chi connectivity index (χ3n) is 6.31. The van der Waals surface area contributed by atoms with Crippen molar-refractivity contribution in [1.29, 1.82) is 0 Å². The summed E-state index contributed by atoms with van der Waals surface area (Å²) in [5, 5.41) is 5.99. The van der Waals surface area contributed by atoms with Crippen molar-refractivity contribution in [2.24, 2.45) is 28.8 Å². The van der Waals surface area contributed by atoms with Gasteiger partial charge in [-0.15, -0.1) is 0 Å². The molecule has 30 heavy (non-hydrogen) atoms. The minimum absolute atomic E-state index is 0.155. The molecule has 2 amide bonds. The maximum absolute atomic E-state index is 12.9. The number of rotatable bonds is 5. The van der Waals surface area contributed by atoms with Gasteiger partial charge in [-0.05, 0) is 42.9 Å². The Morgan fingerprint density at radius 2 is 1.60 bits per heavy atom. The van der Waals surface area contributed by atoms with Crippen molar-refractivity contribution in [1.82, 2.24) is 5.01 Å². The van der Waals surface area contributed by atoms with E-state index in [0.29, 0.717) is 22.9 Å². The molecule has 3 aliphatic carbocycles. The van der Waals surface area contributed by atoms with Crippen LogP contribution in [0.5, 0.6) is 5.75 Å². The van der Waals surface area contributed by atoms with Gasteiger partial charge in [-0.25, -0.2) is 0 Å². The Hall–Kier alpha value is -2.92. The molecule has 0 aromatic heterocycles. The average molecular weight is 421 g/mol. The first-order valence-corrected chi connectivity index (χ1v) is 10.6. The number of nitrogens with zero attached hydrogens (tertiary/aromatic N) is 2. The van der Waals surface area contributed by atoms with Crippen molar-refractivity contribution in [3.63, 3.8) is 0 Å². The average Bonchev–Trinajstić information content (AvgIpc) is 3.05. The topological polar surface area (TPSA) is 59.0 Å². The van der Waals surface area contributed by atoms with Crippen LogP contribution in [-0.2, 0) is 16.2 Å². The van der Waals surface area contributed by atoms with Crippen LogP contribution in [0.1, 0.15) is 24.0 Å². The zero-order valence-electron chi connectivity index (χ0n) is 16.3. The quantitative estimate of drug-likeness (QED) is 0.408. The molecule has 6 heteroatoms. The molecule has 5 nitrogen and oxygen atoms in total. The third-order valence-corrected chi connectivity index (χ3v) is 6.68. The van der Waals surface area contributed by atoms with Gasteiger partial charge in [0.15, 0.2) is 0 Å². The predicted molar refractivity (Wildman–Crippen MR) is 114 cm³/mol. The minimum atomic E-state index is -0.259. The Morgan fingerprint density at radius 1 is 0.967 bits per heavy atom. The predicted octanol–water partition coefficient (Wildman–Crippen LogP) is 4.45. The lowest BCUT2D eigenvalue weighted by Gasteiger charge is -2.37. The Balaban J connectivity index is 1.35. The SMILES string of the molecule is O=C1[C@@H]2[C@H](C(=O)N1/N=C\c1ccccc1OCc1ccccc1Cl)[C@H]1C=C[C@H]2CC1. The number of hydrogen-bond acceptors (Lipinski definition) is 4. The van der Waals surface area contributed by atoms with Crippen LogP contribution in [0.3, 0.4) is 0 Å². The zero-order chi connectivity index (χ0) is 20.7. The summed E-state index contributed by atoms with van der Waals surface area (Å²) >= 11 is 6.21. The molecule has 1 heterocycles. The number of carbonyl (C=O) groups excluding carboxylic acids is 2. The summed E-state index contributed by atoms with van der Waals surface area (Å²) in [5.74, 6) is 0.0324. The van der Waals surface area contributed by atoms with E-state index in [9.17, 15) is 9.59 Å². The molecule has 2 fully saturated rings. The molecule has 1 saturated heterocycles. The Morgan fingerprint density at radius 3 is 2.27 bits per heavy atom. The highest BCUT2D eigenvalue weighted by molar-refractivity contribution is 6.31. The molecule has 1 aliphatic heterocycles. The van der Waals surface area contributed by atoms with E-state index in [0.717, 1.165) is 23.4 Å². The van der Waals surface area contributed by atoms with E-state index < -0.39 is 0 Å². The van der Waals surface area contributed by atoms with Crippen LogP contribution in [0.4, 0.5) is 0 Å². The highest BCUT2D eigenvalue weighted by atomic mass is 35.5. The largest absolute Gasteiger partial charge is 0.488 e. The molecular formula is C24H21ClN2O3. The van der Waals surface area contributed by atoms with E-state index in [1.54, 1.807) is 0 Å². The summed E-state index contributed by atoms with van der Waals surface area (Å²) in [6, 6.07) is 14.9. The summed E-state index contributed by atoms with van der Waals surface area (Å²) in [6.45, 7) is 0.311. The molecule has 0 unspecified atom stereocenters. The monoisotopic (exact) mass is 420 g/mol. The maximum Gasteiger partial charge on any atom is 0.254 e. The zero-order valence-corrected chi connectivity index (χ0v) is 17.0. The van der Waals surface area contributed by atoms with Crippen LogP contribution in [0.25, 0.3) is 0 Å². The van der Waals surface area contributed by atoms with Gasteiger partial charge < -0.3 is 4.74 Å². The van der Waals surface area contributed by atoms with Crippen molar-refractivity contribution in [2.45, 2.75) is 19.4 Å². The van der Waals surface area contributed by atoms with Crippen LogP contribution in [0, 0.1) is 23.7 Å². The number of hydrazone groups is 1. The summed E-state index contributed by atoms with van der Waals surface area (Å²) in [6.07, 6.45) is 7.68. The molecule has 1 saturated carbocycles. The number of hydrogen-bond donors (Lipinski definition) is 0. The number of benzene rings is 2. The second-order valence-electron chi connectivity index (χ2n) is 7.99. The van der Waals surface area contributed by atoms with E-state index in [1.165, 1.54) is 6.21 Å². The third kappa shape index (κ3) is 3.23. The minimum Gasteiger partial charge on any atom is -0.488 e. The van der Waals surface area contributed by atoms with Gasteiger partial charge in [-0.1, -0.05) is 54.1 Å². The second-order valence-corrected chi connectivity index (χ2v) is 8.40. The first kappa shape index (κ1) is 19.1. The van der Waals surface area contributed by atoms with Crippen molar-refractivity contribution >= 4 is 29.6 Å². The van der Waals surface area contributed by atoms with E-state index in [2.05, 4.69) is 17.3 Å². The van der Waals surface area contributed by atoms with Gasteiger partial charge in [-0.2, -0.15) is 10.1 Å². The van der Waals surface area contributed by atoms with Crippen LogP contribution in [-0.4, -0.2) is 23.0 Å². The van der Waals surface area contributed by atoms with Crippen LogP contribution < -0.4 is 4.74 Å². The molecule has 2 aromatic rings. The Bertz CT molecular complexity index is 1030. The number of halogens is 1. The smallest absolute Gasteiger partial charge is 0.254 e. The Kier molecular flexibility index (Phi) is 4.91. The lowest BCUT2D eigenvalue weighted by molar-refractivity contribution is -0.140. The summed E-state index contributed by atoms with van der Waals surface area (Å²) < 4.78 is 5.94. The van der Waals surface area contributed by atoms with E-state index in [1.807, 2.05) is 48.5 Å². The van der Waals surface area contributed by atoms with Crippen molar-refractivity contribution in [2.75, 3.05) is 0 Å². The lowest BCUT2D eigenvalue weighted by Crippen LogP contribution is -2.38. The van der Waals surface area contributed by atoms with Gasteiger partial charge in [0, 0.05) is 16.1 Å². The summed E-state index contributed by atoms with van der Waals surface area (Å²) in [4.78, 5) is 25.8. The van der Waals surface area contributed by atoms with Gasteiger partial charge in [0.1, 0.15) is 12.4 Å². The van der Waals surface area contributed by atoms with Gasteiger partial charge in [0.05, 0.1) is 18.1 Å². The van der Waals surface area contributed by atoms with Crippen molar-refractivity contribution < 1.29 is 14.3 Å². The molecule has 4 aliphatic rings. The molecular weight excluding hydrogens is 400 g/mol. The standard InChI is InChI=1S/C24H21ClN2O3/c25-19-7-3-1-6-18(19)14-30-20-8-4-2-5-17(20)13-26-27-23(28)21-15-9-10-16(12-11-15)22(21)24(27)29/h1-10,13,15-16,21-22H,11-12,14H2/b26-13-/t15-,16-,21-,22+/m0/s1. The van der Waals surface area contributed by atoms with Crippen LogP contribution >= 0.6 is 11.6 Å². The first-order chi connectivity index (χ1) is 14.6. The molecule has 0 spiro atoms. The van der Waals surface area contributed by atoms with Gasteiger partial charge in [0.2, 0.25) is 0 Å². The number of amides is 2. The molecule has 0 radical (unpaired) electrons. The number of ether oxygens (including phenoxy) is 1. The van der Waals surface area contributed by atoms with E-state index in [4.69, 9.17) is 16.3 Å². The van der Waals surface area contributed by atoms with E-state index in [-0.39, 0.29) is 35.5 Å². The number of imide groups is 1. The number of carbonyl (C=O) groups is 2. The molecule has 2 aromatic carbocycles. The summed E-state index contributed by atoms with van der Waals surface area (Å²) in [5.41, 5.74) is 1.57. The highest BCUT2D eigenvalue weighted by Gasteiger charge is 2.56. The maximum atomic E-state index is 12.9. The molecule has 0 N–H and O–H groups in total. The van der Waals surface area contributed by atoms with Crippen molar-refractivity contribution in [3.05, 3.63) is 76.8 Å². The van der Waals surface area contributed by atoms with Crippen LogP contribution in [0.2, 0.25) is 5.02 Å². The fourth-order valence-electron chi connectivity index (χ4n) is 4.78.